The van der Waals surface area contributed by atoms with Crippen LogP contribution in [0.5, 0.6) is 0 Å². The van der Waals surface area contributed by atoms with E-state index in [0.29, 0.717) is 5.56 Å². The van der Waals surface area contributed by atoms with Crippen LogP contribution in [0.15, 0.2) is 6.07 Å². The summed E-state index contributed by atoms with van der Waals surface area (Å²) in [7, 11) is 0. The van der Waals surface area contributed by atoms with E-state index >= 15 is 0 Å². The standard InChI is InChI=1S/C14H17N3O/c1-10-7-14(13(8-15)11(2)16-10)17-5-3-12(9-18)4-6-17/h7,9,12H,3-6H2,1-2H3. The van der Waals surface area contributed by atoms with Crippen LogP contribution in [-0.2, 0) is 4.79 Å². The number of piperidine rings is 1. The number of pyridine rings is 1. The number of hydrogen-bond acceptors (Lipinski definition) is 4. The quantitative estimate of drug-likeness (QED) is 0.745. The van der Waals surface area contributed by atoms with E-state index in [1.54, 1.807) is 0 Å². The van der Waals surface area contributed by atoms with Crippen LogP contribution in [-0.4, -0.2) is 24.4 Å². The summed E-state index contributed by atoms with van der Waals surface area (Å²) < 4.78 is 0. The Morgan fingerprint density at radius 2 is 2.11 bits per heavy atom. The Labute approximate surface area is 107 Å². The van der Waals surface area contributed by atoms with Crippen molar-refractivity contribution in [3.05, 3.63) is 23.0 Å². The van der Waals surface area contributed by atoms with Crippen LogP contribution in [0.4, 0.5) is 5.69 Å². The molecule has 2 heterocycles. The maximum absolute atomic E-state index is 10.8. The van der Waals surface area contributed by atoms with E-state index in [9.17, 15) is 10.1 Å². The van der Waals surface area contributed by atoms with Crippen molar-refractivity contribution < 1.29 is 4.79 Å². The van der Waals surface area contributed by atoms with Crippen molar-refractivity contribution in [2.45, 2.75) is 26.7 Å². The van der Waals surface area contributed by atoms with Gasteiger partial charge >= 0.3 is 0 Å². The van der Waals surface area contributed by atoms with Gasteiger partial charge in [-0.1, -0.05) is 0 Å². The van der Waals surface area contributed by atoms with Gasteiger partial charge in [0.2, 0.25) is 0 Å². The summed E-state index contributed by atoms with van der Waals surface area (Å²) in [5.41, 5.74) is 3.33. The lowest BCUT2D eigenvalue weighted by atomic mass is 9.97. The molecule has 0 aromatic carbocycles. The second-order valence-corrected chi connectivity index (χ2v) is 4.82. The third kappa shape index (κ3) is 2.35. The Bertz CT molecular complexity index is 496. The fraction of sp³-hybridized carbons (Fsp3) is 0.500. The molecule has 0 atom stereocenters. The monoisotopic (exact) mass is 243 g/mol. The van der Waals surface area contributed by atoms with Gasteiger partial charge in [-0.3, -0.25) is 4.98 Å². The molecule has 0 amide bonds. The molecule has 4 nitrogen and oxygen atoms in total. The highest BCUT2D eigenvalue weighted by molar-refractivity contribution is 5.62. The molecule has 0 N–H and O–H groups in total. The Morgan fingerprint density at radius 1 is 1.44 bits per heavy atom. The zero-order valence-electron chi connectivity index (χ0n) is 10.8. The minimum atomic E-state index is 0.177. The minimum absolute atomic E-state index is 0.177. The van der Waals surface area contributed by atoms with Gasteiger partial charge in [0, 0.05) is 24.7 Å². The molecule has 1 fully saturated rings. The minimum Gasteiger partial charge on any atom is -0.370 e. The van der Waals surface area contributed by atoms with Gasteiger partial charge in [-0.2, -0.15) is 5.26 Å². The van der Waals surface area contributed by atoms with Crippen molar-refractivity contribution in [3.8, 4) is 6.07 Å². The molecule has 2 rings (SSSR count). The number of anilines is 1. The summed E-state index contributed by atoms with van der Waals surface area (Å²) >= 11 is 0. The van der Waals surface area contributed by atoms with Gasteiger partial charge in [0.1, 0.15) is 12.4 Å². The van der Waals surface area contributed by atoms with E-state index in [0.717, 1.165) is 49.3 Å². The lowest BCUT2D eigenvalue weighted by Crippen LogP contribution is -2.34. The van der Waals surface area contributed by atoms with Crippen LogP contribution >= 0.6 is 0 Å². The number of aromatic nitrogens is 1. The molecule has 1 aliphatic heterocycles. The van der Waals surface area contributed by atoms with Gasteiger partial charge in [-0.05, 0) is 32.8 Å². The average Bonchev–Trinajstić information content (AvgIpc) is 2.38. The molecule has 18 heavy (non-hydrogen) atoms. The number of carbonyl (C=O) groups is 1. The first-order valence-corrected chi connectivity index (χ1v) is 6.24. The van der Waals surface area contributed by atoms with Crippen molar-refractivity contribution >= 4 is 12.0 Å². The Kier molecular flexibility index (Phi) is 3.61. The third-order valence-corrected chi connectivity index (χ3v) is 3.49. The predicted octanol–water partition coefficient (Wildman–Crippen LogP) is 1.99. The number of aldehydes is 1. The smallest absolute Gasteiger partial charge is 0.123 e. The fourth-order valence-corrected chi connectivity index (χ4v) is 2.47. The topological polar surface area (TPSA) is 57.0 Å². The maximum Gasteiger partial charge on any atom is 0.123 e. The molecule has 1 aliphatic rings. The zero-order chi connectivity index (χ0) is 13.1. The molecular formula is C14H17N3O. The van der Waals surface area contributed by atoms with Gasteiger partial charge in [-0.15, -0.1) is 0 Å². The van der Waals surface area contributed by atoms with Crippen molar-refractivity contribution in [1.82, 2.24) is 4.98 Å². The molecule has 4 heteroatoms. The van der Waals surface area contributed by atoms with E-state index in [4.69, 9.17) is 0 Å². The number of aryl methyl sites for hydroxylation is 2. The summed E-state index contributed by atoms with van der Waals surface area (Å²) in [6, 6.07) is 4.20. The molecule has 0 saturated carbocycles. The van der Waals surface area contributed by atoms with E-state index in [2.05, 4.69) is 16.0 Å². The van der Waals surface area contributed by atoms with Crippen molar-refractivity contribution in [1.29, 1.82) is 5.26 Å². The van der Waals surface area contributed by atoms with Crippen molar-refractivity contribution in [2.75, 3.05) is 18.0 Å². The van der Waals surface area contributed by atoms with E-state index < -0.39 is 0 Å². The summed E-state index contributed by atoms with van der Waals surface area (Å²) in [5, 5.41) is 9.25. The molecule has 0 radical (unpaired) electrons. The summed E-state index contributed by atoms with van der Waals surface area (Å²) in [6.07, 6.45) is 2.79. The van der Waals surface area contributed by atoms with Gasteiger partial charge in [-0.25, -0.2) is 0 Å². The Balaban J connectivity index is 2.29. The van der Waals surface area contributed by atoms with Crippen LogP contribution < -0.4 is 4.90 Å². The average molecular weight is 243 g/mol. The maximum atomic E-state index is 10.8. The summed E-state index contributed by atoms with van der Waals surface area (Å²) in [5.74, 6) is 0.177. The first-order valence-electron chi connectivity index (χ1n) is 6.24. The highest BCUT2D eigenvalue weighted by Crippen LogP contribution is 2.27. The highest BCUT2D eigenvalue weighted by atomic mass is 16.1. The first kappa shape index (κ1) is 12.6. The van der Waals surface area contributed by atoms with E-state index in [1.807, 2.05) is 19.9 Å². The van der Waals surface area contributed by atoms with Crippen LogP contribution in [0.1, 0.15) is 29.8 Å². The number of carbonyl (C=O) groups excluding carboxylic acids is 1. The van der Waals surface area contributed by atoms with Crippen LogP contribution in [0.2, 0.25) is 0 Å². The number of nitriles is 1. The molecule has 0 bridgehead atoms. The van der Waals surface area contributed by atoms with Crippen LogP contribution in [0, 0.1) is 31.1 Å². The second kappa shape index (κ2) is 5.18. The summed E-state index contributed by atoms with van der Waals surface area (Å²) in [4.78, 5) is 17.3. The molecule has 1 saturated heterocycles. The van der Waals surface area contributed by atoms with Gasteiger partial charge in [0.05, 0.1) is 16.9 Å². The SMILES string of the molecule is Cc1cc(N2CCC(C=O)CC2)c(C#N)c(C)n1. The third-order valence-electron chi connectivity index (χ3n) is 3.49. The number of nitrogens with zero attached hydrogens (tertiary/aromatic N) is 3. The molecule has 1 aromatic rings. The predicted molar refractivity (Wildman–Crippen MR) is 69.4 cm³/mol. The lowest BCUT2D eigenvalue weighted by molar-refractivity contribution is -0.111. The number of rotatable bonds is 2. The van der Waals surface area contributed by atoms with Gasteiger partial charge in [0.25, 0.3) is 0 Å². The molecular weight excluding hydrogens is 226 g/mol. The fourth-order valence-electron chi connectivity index (χ4n) is 2.47. The van der Waals surface area contributed by atoms with Crippen molar-refractivity contribution in [3.63, 3.8) is 0 Å². The number of hydrogen-bond donors (Lipinski definition) is 0. The highest BCUT2D eigenvalue weighted by Gasteiger charge is 2.21. The second-order valence-electron chi connectivity index (χ2n) is 4.82. The van der Waals surface area contributed by atoms with Crippen molar-refractivity contribution in [2.24, 2.45) is 5.92 Å². The van der Waals surface area contributed by atoms with E-state index in [-0.39, 0.29) is 5.92 Å². The van der Waals surface area contributed by atoms with Crippen LogP contribution in [0.3, 0.4) is 0 Å². The molecule has 0 unspecified atom stereocenters. The molecule has 94 valence electrons. The largest absolute Gasteiger partial charge is 0.370 e. The zero-order valence-corrected chi connectivity index (χ0v) is 10.8. The first-order chi connectivity index (χ1) is 8.65. The molecule has 0 spiro atoms. The van der Waals surface area contributed by atoms with Gasteiger partial charge < -0.3 is 9.69 Å². The Morgan fingerprint density at radius 3 is 2.67 bits per heavy atom. The van der Waals surface area contributed by atoms with Gasteiger partial charge in [0.15, 0.2) is 0 Å². The molecule has 1 aromatic heterocycles. The Hall–Kier alpha value is -1.89. The van der Waals surface area contributed by atoms with Crippen LogP contribution in [0.25, 0.3) is 0 Å². The summed E-state index contributed by atoms with van der Waals surface area (Å²) in [6.45, 7) is 5.48. The van der Waals surface area contributed by atoms with E-state index in [1.165, 1.54) is 0 Å². The molecule has 0 aliphatic carbocycles. The normalized spacial score (nSPS) is 16.4. The lowest BCUT2D eigenvalue weighted by Gasteiger charge is -2.32.